The van der Waals surface area contributed by atoms with Gasteiger partial charge in [0.2, 0.25) is 0 Å². The van der Waals surface area contributed by atoms with Crippen LogP contribution < -0.4 is 5.32 Å². The van der Waals surface area contributed by atoms with Gasteiger partial charge in [0, 0.05) is 30.5 Å². The number of aliphatic hydroxyl groups is 1. The Labute approximate surface area is 128 Å². The molecule has 4 nitrogen and oxygen atoms in total. The van der Waals surface area contributed by atoms with E-state index in [2.05, 4.69) is 5.32 Å². The molecule has 0 aromatic heterocycles. The predicted molar refractivity (Wildman–Crippen MR) is 82.3 cm³/mol. The summed E-state index contributed by atoms with van der Waals surface area (Å²) >= 11 is 0. The number of carbonyl (C=O) groups is 1. The zero-order valence-electron chi connectivity index (χ0n) is 12.3. The van der Waals surface area contributed by atoms with E-state index in [0.29, 0.717) is 23.2 Å². The molecule has 2 aromatic carbocycles. The van der Waals surface area contributed by atoms with Crippen molar-refractivity contribution in [3.63, 3.8) is 0 Å². The molecule has 2 rings (SSSR count). The summed E-state index contributed by atoms with van der Waals surface area (Å²) in [6, 6.07) is 11.4. The van der Waals surface area contributed by atoms with Crippen molar-refractivity contribution in [3.05, 3.63) is 65.0 Å². The fourth-order valence-electron chi connectivity index (χ4n) is 2.07. The smallest absolute Gasteiger partial charge is 0.255 e. The minimum Gasteiger partial charge on any atom is -0.396 e. The maximum absolute atomic E-state index is 13.5. The van der Waals surface area contributed by atoms with Crippen LogP contribution in [-0.2, 0) is 17.8 Å². The van der Waals surface area contributed by atoms with Crippen LogP contribution in [-0.4, -0.2) is 24.7 Å². The van der Waals surface area contributed by atoms with Gasteiger partial charge in [0.15, 0.2) is 0 Å². The Hall–Kier alpha value is -2.24. The first-order valence-corrected chi connectivity index (χ1v) is 6.92. The van der Waals surface area contributed by atoms with Crippen LogP contribution in [0.5, 0.6) is 0 Å². The predicted octanol–water partition coefficient (Wildman–Crippen LogP) is 2.76. The number of hydrogen-bond donors (Lipinski definition) is 2. The Morgan fingerprint density at radius 2 is 1.95 bits per heavy atom. The lowest BCUT2D eigenvalue weighted by molar-refractivity contribution is 0.102. The van der Waals surface area contributed by atoms with Gasteiger partial charge in [0.05, 0.1) is 6.61 Å². The van der Waals surface area contributed by atoms with Gasteiger partial charge in [0.1, 0.15) is 5.82 Å². The van der Waals surface area contributed by atoms with Crippen molar-refractivity contribution in [2.75, 3.05) is 19.0 Å². The van der Waals surface area contributed by atoms with Gasteiger partial charge >= 0.3 is 0 Å². The first kappa shape index (κ1) is 16.1. The zero-order chi connectivity index (χ0) is 15.9. The molecule has 2 aromatic rings. The Morgan fingerprint density at radius 1 is 1.23 bits per heavy atom. The van der Waals surface area contributed by atoms with E-state index in [9.17, 15) is 9.18 Å². The number of benzene rings is 2. The van der Waals surface area contributed by atoms with Crippen LogP contribution in [0.25, 0.3) is 0 Å². The number of rotatable bonds is 6. The van der Waals surface area contributed by atoms with Gasteiger partial charge in [-0.2, -0.15) is 0 Å². The molecule has 22 heavy (non-hydrogen) atoms. The average molecular weight is 303 g/mol. The van der Waals surface area contributed by atoms with E-state index in [1.807, 2.05) is 12.1 Å². The molecular weight excluding hydrogens is 285 g/mol. The van der Waals surface area contributed by atoms with E-state index in [0.717, 1.165) is 5.56 Å². The van der Waals surface area contributed by atoms with Gasteiger partial charge in [-0.3, -0.25) is 4.79 Å². The first-order chi connectivity index (χ1) is 10.6. The van der Waals surface area contributed by atoms with E-state index in [1.165, 1.54) is 25.3 Å². The van der Waals surface area contributed by atoms with Crippen molar-refractivity contribution in [2.45, 2.75) is 13.0 Å². The highest BCUT2D eigenvalue weighted by molar-refractivity contribution is 6.04. The summed E-state index contributed by atoms with van der Waals surface area (Å²) in [5.74, 6) is -0.709. The number of carbonyl (C=O) groups excluding carboxylic acids is 1. The third-order valence-electron chi connectivity index (χ3n) is 3.22. The van der Waals surface area contributed by atoms with Gasteiger partial charge in [-0.15, -0.1) is 0 Å². The van der Waals surface area contributed by atoms with Crippen LogP contribution in [0.2, 0.25) is 0 Å². The highest BCUT2D eigenvalue weighted by Gasteiger charge is 2.10. The molecule has 0 saturated heterocycles. The van der Waals surface area contributed by atoms with Crippen molar-refractivity contribution in [2.24, 2.45) is 0 Å². The number of methoxy groups -OCH3 is 1. The molecule has 0 aliphatic heterocycles. The molecule has 0 spiro atoms. The molecule has 0 aliphatic rings. The number of nitrogens with one attached hydrogen (secondary N) is 1. The lowest BCUT2D eigenvalue weighted by atomic mass is 10.1. The van der Waals surface area contributed by atoms with Gasteiger partial charge < -0.3 is 15.2 Å². The fourth-order valence-corrected chi connectivity index (χ4v) is 2.07. The summed E-state index contributed by atoms with van der Waals surface area (Å²) in [5, 5.41) is 11.6. The Kier molecular flexibility index (Phi) is 5.63. The summed E-state index contributed by atoms with van der Waals surface area (Å²) in [7, 11) is 1.47. The van der Waals surface area contributed by atoms with Crippen LogP contribution >= 0.6 is 0 Å². The Bertz CT molecular complexity index is 641. The normalized spacial score (nSPS) is 10.5. The van der Waals surface area contributed by atoms with E-state index in [4.69, 9.17) is 9.84 Å². The molecule has 1 amide bonds. The van der Waals surface area contributed by atoms with Crippen molar-refractivity contribution in [3.8, 4) is 0 Å². The number of halogens is 1. The second-order valence-electron chi connectivity index (χ2n) is 4.86. The number of hydrogen-bond acceptors (Lipinski definition) is 3. The largest absolute Gasteiger partial charge is 0.396 e. The average Bonchev–Trinajstić information content (AvgIpc) is 2.52. The van der Waals surface area contributed by atoms with E-state index in [1.54, 1.807) is 12.1 Å². The van der Waals surface area contributed by atoms with Crippen molar-refractivity contribution >= 4 is 11.6 Å². The van der Waals surface area contributed by atoms with Gasteiger partial charge in [-0.1, -0.05) is 12.1 Å². The van der Waals surface area contributed by atoms with Gasteiger partial charge in [-0.25, -0.2) is 4.39 Å². The summed E-state index contributed by atoms with van der Waals surface area (Å²) < 4.78 is 18.4. The molecule has 0 unspecified atom stereocenters. The quantitative estimate of drug-likeness (QED) is 0.862. The van der Waals surface area contributed by atoms with Crippen molar-refractivity contribution < 1.29 is 19.0 Å². The highest BCUT2D eigenvalue weighted by Crippen LogP contribution is 2.15. The summed E-state index contributed by atoms with van der Waals surface area (Å²) in [5.41, 5.74) is 2.34. The molecule has 0 bridgehead atoms. The standard InChI is InChI=1S/C17H18FNO3/c1-22-11-14-10-13(4-7-16(14)18)17(21)19-15-5-2-12(3-6-15)8-9-20/h2-7,10,20H,8-9,11H2,1H3,(H,19,21). The molecule has 0 radical (unpaired) electrons. The SMILES string of the molecule is COCc1cc(C(=O)Nc2ccc(CCO)cc2)ccc1F. The zero-order valence-corrected chi connectivity index (χ0v) is 12.3. The molecule has 116 valence electrons. The van der Waals surface area contributed by atoms with Crippen LogP contribution in [0.1, 0.15) is 21.5 Å². The van der Waals surface area contributed by atoms with Crippen LogP contribution in [0, 0.1) is 5.82 Å². The molecule has 0 atom stereocenters. The fraction of sp³-hybridized carbons (Fsp3) is 0.235. The number of aliphatic hydroxyl groups excluding tert-OH is 1. The van der Waals surface area contributed by atoms with E-state index in [-0.39, 0.29) is 19.1 Å². The lowest BCUT2D eigenvalue weighted by Gasteiger charge is -2.08. The van der Waals surface area contributed by atoms with Crippen LogP contribution in [0.15, 0.2) is 42.5 Å². The molecule has 0 heterocycles. The number of anilines is 1. The topological polar surface area (TPSA) is 58.6 Å². The summed E-state index contributed by atoms with van der Waals surface area (Å²) in [4.78, 5) is 12.2. The highest BCUT2D eigenvalue weighted by atomic mass is 19.1. The maximum Gasteiger partial charge on any atom is 0.255 e. The summed E-state index contributed by atoms with van der Waals surface area (Å²) in [6.45, 7) is 0.201. The van der Waals surface area contributed by atoms with Crippen molar-refractivity contribution in [1.29, 1.82) is 0 Å². The summed E-state index contributed by atoms with van der Waals surface area (Å²) in [6.07, 6.45) is 0.576. The van der Waals surface area contributed by atoms with E-state index < -0.39 is 5.82 Å². The van der Waals surface area contributed by atoms with Gasteiger partial charge in [-0.05, 0) is 42.3 Å². The molecule has 0 aliphatic carbocycles. The molecule has 0 saturated carbocycles. The first-order valence-electron chi connectivity index (χ1n) is 6.92. The molecule has 5 heteroatoms. The minimum absolute atomic E-state index is 0.0869. The molecular formula is C17H18FNO3. The third kappa shape index (κ3) is 4.13. The number of ether oxygens (including phenoxy) is 1. The Morgan fingerprint density at radius 3 is 2.59 bits per heavy atom. The number of amides is 1. The van der Waals surface area contributed by atoms with Crippen LogP contribution in [0.4, 0.5) is 10.1 Å². The Balaban J connectivity index is 2.09. The second-order valence-corrected chi connectivity index (χ2v) is 4.86. The lowest BCUT2D eigenvalue weighted by Crippen LogP contribution is -2.12. The second kappa shape index (κ2) is 7.68. The molecule has 2 N–H and O–H groups in total. The van der Waals surface area contributed by atoms with Crippen molar-refractivity contribution in [1.82, 2.24) is 0 Å². The van der Waals surface area contributed by atoms with Gasteiger partial charge in [0.25, 0.3) is 5.91 Å². The molecule has 0 fully saturated rings. The van der Waals surface area contributed by atoms with E-state index >= 15 is 0 Å². The third-order valence-corrected chi connectivity index (χ3v) is 3.22. The van der Waals surface area contributed by atoms with Crippen LogP contribution in [0.3, 0.4) is 0 Å². The monoisotopic (exact) mass is 303 g/mol. The maximum atomic E-state index is 13.5. The minimum atomic E-state index is -0.397.